The van der Waals surface area contributed by atoms with E-state index in [9.17, 15) is 4.79 Å². The monoisotopic (exact) mass is 192 g/mol. The van der Waals surface area contributed by atoms with Crippen molar-refractivity contribution in [3.63, 3.8) is 0 Å². The molecule has 0 aromatic heterocycles. The lowest BCUT2D eigenvalue weighted by molar-refractivity contribution is -0.114. The minimum absolute atomic E-state index is 0.0255. The molecule has 0 saturated carbocycles. The molecule has 1 amide bonds. The first kappa shape index (κ1) is 11.3. The van der Waals surface area contributed by atoms with Crippen molar-refractivity contribution in [2.45, 2.75) is 0 Å². The molecule has 6 heteroatoms. The quantitative estimate of drug-likeness (QED) is 0.387. The predicted molar refractivity (Wildman–Crippen MR) is 47.8 cm³/mol. The number of amides is 1. The second kappa shape index (κ2) is 6.96. The van der Waals surface area contributed by atoms with Crippen LogP contribution < -0.4 is 10.6 Å². The number of thiocarbonyl (C=S) groups is 1. The smallest absolute Gasteiger partial charge is 0.278 e. The number of hydrogen-bond donors (Lipinski definition) is 4. The fourth-order valence-electron chi connectivity index (χ4n) is 0.499. The maximum atomic E-state index is 10.9. The van der Waals surface area contributed by atoms with E-state index in [0.717, 1.165) is 0 Å². The molecule has 4 N–H and O–H groups in total. The highest BCUT2D eigenvalue weighted by atomic mass is 32.1. The zero-order chi connectivity index (χ0) is 9.40. The first-order valence-corrected chi connectivity index (χ1v) is 3.91. The number of nitrogens with one attached hydrogen (secondary N) is 2. The van der Waals surface area contributed by atoms with Gasteiger partial charge in [-0.05, 0) is 0 Å². The Labute approximate surface area is 75.8 Å². The van der Waals surface area contributed by atoms with Crippen molar-refractivity contribution in [2.24, 2.45) is 0 Å². The van der Waals surface area contributed by atoms with Crippen molar-refractivity contribution in [2.75, 3.05) is 26.3 Å². The number of carbonyl (C=O) groups is 1. The van der Waals surface area contributed by atoms with Crippen LogP contribution in [0.25, 0.3) is 0 Å². The van der Waals surface area contributed by atoms with E-state index in [1.807, 2.05) is 0 Å². The molecule has 0 saturated heterocycles. The maximum absolute atomic E-state index is 10.9. The van der Waals surface area contributed by atoms with Gasteiger partial charge < -0.3 is 20.8 Å². The molecular formula is C6H12N2O3S. The van der Waals surface area contributed by atoms with Gasteiger partial charge in [0.2, 0.25) is 0 Å². The highest BCUT2D eigenvalue weighted by Gasteiger charge is 2.05. The van der Waals surface area contributed by atoms with Crippen molar-refractivity contribution >= 4 is 23.1 Å². The van der Waals surface area contributed by atoms with E-state index in [2.05, 4.69) is 22.9 Å². The first-order valence-electron chi connectivity index (χ1n) is 3.50. The van der Waals surface area contributed by atoms with Crippen LogP contribution in [-0.4, -0.2) is 47.4 Å². The van der Waals surface area contributed by atoms with Crippen molar-refractivity contribution in [3.05, 3.63) is 0 Å². The van der Waals surface area contributed by atoms with E-state index < -0.39 is 5.91 Å². The molecule has 0 unspecified atom stereocenters. The van der Waals surface area contributed by atoms with Gasteiger partial charge in [0.05, 0.1) is 13.2 Å². The zero-order valence-corrected chi connectivity index (χ0v) is 7.36. The van der Waals surface area contributed by atoms with Crippen LogP contribution >= 0.6 is 12.2 Å². The van der Waals surface area contributed by atoms with Gasteiger partial charge in [-0.3, -0.25) is 4.79 Å². The average Bonchev–Trinajstić information content (AvgIpc) is 2.10. The van der Waals surface area contributed by atoms with Crippen LogP contribution in [0.5, 0.6) is 0 Å². The summed E-state index contributed by atoms with van der Waals surface area (Å²) in [5, 5.41) is 21.6. The molecule has 12 heavy (non-hydrogen) atoms. The third-order valence-corrected chi connectivity index (χ3v) is 1.33. The molecule has 5 nitrogen and oxygen atoms in total. The highest BCUT2D eigenvalue weighted by molar-refractivity contribution is 7.82. The van der Waals surface area contributed by atoms with Gasteiger partial charge in [0, 0.05) is 13.1 Å². The number of hydrogen-bond acceptors (Lipinski definition) is 4. The SMILES string of the molecule is O=C(NCCO)C(=S)NCCO. The Balaban J connectivity index is 3.55. The number of aliphatic hydroxyl groups is 2. The lowest BCUT2D eigenvalue weighted by Gasteiger charge is -2.05. The zero-order valence-electron chi connectivity index (χ0n) is 6.54. The molecule has 0 atom stereocenters. The van der Waals surface area contributed by atoms with E-state index in [-0.39, 0.29) is 31.3 Å². The van der Waals surface area contributed by atoms with Crippen LogP contribution in [0.3, 0.4) is 0 Å². The Morgan fingerprint density at radius 1 is 1.17 bits per heavy atom. The molecule has 0 aromatic carbocycles. The molecule has 0 heterocycles. The maximum Gasteiger partial charge on any atom is 0.278 e. The molecule has 0 aliphatic heterocycles. The Hall–Kier alpha value is -0.720. The largest absolute Gasteiger partial charge is 0.395 e. The summed E-state index contributed by atoms with van der Waals surface area (Å²) in [4.78, 5) is 10.9. The molecule has 0 fully saturated rings. The van der Waals surface area contributed by atoms with Crippen molar-refractivity contribution in [1.82, 2.24) is 10.6 Å². The minimum Gasteiger partial charge on any atom is -0.395 e. The third-order valence-electron chi connectivity index (χ3n) is 1.00. The molecular weight excluding hydrogens is 180 g/mol. The van der Waals surface area contributed by atoms with E-state index in [4.69, 9.17) is 10.2 Å². The summed E-state index contributed by atoms with van der Waals surface area (Å²) in [5.74, 6) is -0.437. The third kappa shape index (κ3) is 5.00. The van der Waals surface area contributed by atoms with Gasteiger partial charge >= 0.3 is 0 Å². The lowest BCUT2D eigenvalue weighted by Crippen LogP contribution is -2.40. The van der Waals surface area contributed by atoms with E-state index in [1.165, 1.54) is 0 Å². The van der Waals surface area contributed by atoms with E-state index in [1.54, 1.807) is 0 Å². The normalized spacial score (nSPS) is 9.17. The van der Waals surface area contributed by atoms with Crippen molar-refractivity contribution in [3.8, 4) is 0 Å². The first-order chi connectivity index (χ1) is 5.72. The van der Waals surface area contributed by atoms with Crippen LogP contribution in [0.4, 0.5) is 0 Å². The second-order valence-corrected chi connectivity index (χ2v) is 2.37. The molecule has 0 spiro atoms. The van der Waals surface area contributed by atoms with E-state index >= 15 is 0 Å². The molecule has 70 valence electrons. The van der Waals surface area contributed by atoms with Crippen LogP contribution in [0.15, 0.2) is 0 Å². The van der Waals surface area contributed by atoms with Crippen LogP contribution in [-0.2, 0) is 4.79 Å². The second-order valence-electron chi connectivity index (χ2n) is 1.96. The number of aliphatic hydroxyl groups excluding tert-OH is 2. The molecule has 0 radical (unpaired) electrons. The summed E-state index contributed by atoms with van der Waals surface area (Å²) < 4.78 is 0. The Bertz CT molecular complexity index is 145. The number of rotatable bonds is 4. The summed E-state index contributed by atoms with van der Waals surface area (Å²) in [6.45, 7) is 0.243. The topological polar surface area (TPSA) is 81.6 Å². The van der Waals surface area contributed by atoms with Gasteiger partial charge in [-0.2, -0.15) is 0 Å². The average molecular weight is 192 g/mol. The van der Waals surface area contributed by atoms with Gasteiger partial charge in [-0.1, -0.05) is 12.2 Å². The Kier molecular flexibility index (Phi) is 6.54. The van der Waals surface area contributed by atoms with Crippen LogP contribution in [0, 0.1) is 0 Å². The van der Waals surface area contributed by atoms with Crippen LogP contribution in [0.1, 0.15) is 0 Å². The molecule has 0 bridgehead atoms. The summed E-state index contributed by atoms with van der Waals surface area (Å²) in [6, 6.07) is 0. The lowest BCUT2D eigenvalue weighted by atomic mass is 10.5. The van der Waals surface area contributed by atoms with Crippen LogP contribution in [0.2, 0.25) is 0 Å². The molecule has 0 rings (SSSR count). The molecule has 0 aliphatic rings. The van der Waals surface area contributed by atoms with Gasteiger partial charge in [0.1, 0.15) is 0 Å². The Morgan fingerprint density at radius 3 is 2.17 bits per heavy atom. The van der Waals surface area contributed by atoms with Crippen molar-refractivity contribution < 1.29 is 15.0 Å². The van der Waals surface area contributed by atoms with Crippen molar-refractivity contribution in [1.29, 1.82) is 0 Å². The highest BCUT2D eigenvalue weighted by Crippen LogP contribution is 1.72. The summed E-state index contributed by atoms with van der Waals surface area (Å²) in [5.41, 5.74) is 0. The summed E-state index contributed by atoms with van der Waals surface area (Å²) in [7, 11) is 0. The standard InChI is InChI=1S/C6H12N2O3S/c9-3-1-7-5(11)6(12)8-2-4-10/h9-10H,1-4H2,(H,7,11)(H,8,12). The van der Waals surface area contributed by atoms with Gasteiger partial charge in [0.15, 0.2) is 4.99 Å². The minimum atomic E-state index is -0.437. The fourth-order valence-corrected chi connectivity index (χ4v) is 0.674. The van der Waals surface area contributed by atoms with Gasteiger partial charge in [-0.15, -0.1) is 0 Å². The Morgan fingerprint density at radius 2 is 1.67 bits per heavy atom. The number of carbonyl (C=O) groups excluding carboxylic acids is 1. The molecule has 0 aromatic rings. The predicted octanol–water partition coefficient (Wildman–Crippen LogP) is -2.00. The summed E-state index contributed by atoms with van der Waals surface area (Å²) in [6.07, 6.45) is 0. The fraction of sp³-hybridized carbons (Fsp3) is 0.667. The van der Waals surface area contributed by atoms with E-state index in [0.29, 0.717) is 0 Å². The van der Waals surface area contributed by atoms with Gasteiger partial charge in [0.25, 0.3) is 5.91 Å². The van der Waals surface area contributed by atoms with Gasteiger partial charge in [-0.25, -0.2) is 0 Å². The summed E-state index contributed by atoms with van der Waals surface area (Å²) >= 11 is 4.64. The molecule has 0 aliphatic carbocycles.